The molecule has 1 aromatic rings. The summed E-state index contributed by atoms with van der Waals surface area (Å²) in [5.41, 5.74) is 0.164. The zero-order valence-electron chi connectivity index (χ0n) is 19.0. The fourth-order valence-electron chi connectivity index (χ4n) is 4.59. The highest BCUT2D eigenvalue weighted by Gasteiger charge is 2.34. The van der Waals surface area contributed by atoms with Crippen LogP contribution in [0.2, 0.25) is 0 Å². The molecule has 0 aliphatic rings. The number of unbranched alkanes of at least 4 members (excludes halogenated alkanes) is 6. The molecule has 1 atom stereocenters. The standard InChI is InChI=1S/C25H41F3O/c1-5-8-9-10-11-12-16-21(25(6-2,7-3)29-4)17-14-13-15-20-18-23(27)24(28)19-22(20)26/h18-19,21H,5-17H2,1-4H3. The van der Waals surface area contributed by atoms with E-state index in [4.69, 9.17) is 4.74 Å². The van der Waals surface area contributed by atoms with Gasteiger partial charge in [0.25, 0.3) is 0 Å². The minimum atomic E-state index is -1.12. The first-order valence-electron chi connectivity index (χ1n) is 11.6. The highest BCUT2D eigenvalue weighted by atomic mass is 19.2. The third-order valence-corrected chi connectivity index (χ3v) is 6.59. The molecule has 0 aromatic heterocycles. The Balaban J connectivity index is 2.59. The fraction of sp³-hybridized carbons (Fsp3) is 0.760. The van der Waals surface area contributed by atoms with Gasteiger partial charge in [-0.2, -0.15) is 0 Å². The molecular weight excluding hydrogens is 373 g/mol. The maximum atomic E-state index is 13.8. The van der Waals surface area contributed by atoms with Crippen LogP contribution in [0.5, 0.6) is 0 Å². The van der Waals surface area contributed by atoms with E-state index in [0.29, 0.717) is 18.4 Å². The smallest absolute Gasteiger partial charge is 0.161 e. The summed E-state index contributed by atoms with van der Waals surface area (Å²) < 4.78 is 46.3. The molecule has 0 fully saturated rings. The molecule has 29 heavy (non-hydrogen) atoms. The molecule has 0 aliphatic carbocycles. The van der Waals surface area contributed by atoms with E-state index in [9.17, 15) is 13.2 Å². The number of aryl methyl sites for hydroxylation is 1. The van der Waals surface area contributed by atoms with Crippen molar-refractivity contribution in [3.8, 4) is 0 Å². The van der Waals surface area contributed by atoms with Gasteiger partial charge < -0.3 is 4.74 Å². The zero-order chi connectivity index (χ0) is 21.7. The summed E-state index contributed by atoms with van der Waals surface area (Å²) in [5, 5.41) is 0. The summed E-state index contributed by atoms with van der Waals surface area (Å²) in [6.45, 7) is 6.62. The Morgan fingerprint density at radius 3 is 1.90 bits per heavy atom. The average Bonchev–Trinajstić information content (AvgIpc) is 2.72. The van der Waals surface area contributed by atoms with Gasteiger partial charge in [-0.3, -0.25) is 0 Å². The Bertz CT molecular complexity index is 561. The molecule has 1 nitrogen and oxygen atoms in total. The number of benzene rings is 1. The molecule has 0 spiro atoms. The molecule has 0 amide bonds. The van der Waals surface area contributed by atoms with Crippen molar-refractivity contribution in [1.82, 2.24) is 0 Å². The monoisotopic (exact) mass is 414 g/mol. The predicted octanol–water partition coefficient (Wildman–Crippen LogP) is 8.39. The zero-order valence-corrected chi connectivity index (χ0v) is 19.0. The highest BCUT2D eigenvalue weighted by Crippen LogP contribution is 2.36. The van der Waals surface area contributed by atoms with Gasteiger partial charge in [0, 0.05) is 13.2 Å². The second kappa shape index (κ2) is 14.1. The van der Waals surface area contributed by atoms with Gasteiger partial charge in [0.1, 0.15) is 5.82 Å². The second-order valence-corrected chi connectivity index (χ2v) is 8.33. The minimum absolute atomic E-state index is 0.101. The first-order valence-corrected chi connectivity index (χ1v) is 11.6. The van der Waals surface area contributed by atoms with E-state index in [1.807, 2.05) is 7.11 Å². The van der Waals surface area contributed by atoms with Crippen molar-refractivity contribution in [2.75, 3.05) is 7.11 Å². The Labute approximate surface area is 176 Å². The van der Waals surface area contributed by atoms with Crippen LogP contribution >= 0.6 is 0 Å². The average molecular weight is 415 g/mol. The quantitative estimate of drug-likeness (QED) is 0.195. The lowest BCUT2D eigenvalue weighted by molar-refractivity contribution is -0.0711. The van der Waals surface area contributed by atoms with Crippen molar-refractivity contribution in [2.24, 2.45) is 5.92 Å². The van der Waals surface area contributed by atoms with E-state index in [0.717, 1.165) is 44.6 Å². The van der Waals surface area contributed by atoms with E-state index in [-0.39, 0.29) is 11.2 Å². The molecule has 1 unspecified atom stereocenters. The number of methoxy groups -OCH3 is 1. The van der Waals surface area contributed by atoms with Gasteiger partial charge in [0.05, 0.1) is 5.60 Å². The summed E-state index contributed by atoms with van der Waals surface area (Å²) in [6.07, 6.45) is 14.0. The number of rotatable bonds is 16. The topological polar surface area (TPSA) is 9.23 Å². The van der Waals surface area contributed by atoms with Crippen LogP contribution in [0.15, 0.2) is 12.1 Å². The number of hydrogen-bond acceptors (Lipinski definition) is 1. The van der Waals surface area contributed by atoms with Crippen molar-refractivity contribution < 1.29 is 17.9 Å². The first-order chi connectivity index (χ1) is 13.9. The van der Waals surface area contributed by atoms with Crippen molar-refractivity contribution in [1.29, 1.82) is 0 Å². The van der Waals surface area contributed by atoms with Gasteiger partial charge in [-0.05, 0) is 56.1 Å². The molecule has 0 saturated heterocycles. The maximum absolute atomic E-state index is 13.8. The van der Waals surface area contributed by atoms with Gasteiger partial charge in [-0.1, -0.05) is 65.7 Å². The normalized spacial score (nSPS) is 13.1. The van der Waals surface area contributed by atoms with Gasteiger partial charge >= 0.3 is 0 Å². The molecule has 4 heteroatoms. The molecule has 1 aromatic carbocycles. The van der Waals surface area contributed by atoms with Crippen LogP contribution in [-0.4, -0.2) is 12.7 Å². The highest BCUT2D eigenvalue weighted by molar-refractivity contribution is 5.20. The molecule has 1 rings (SSSR count). The minimum Gasteiger partial charge on any atom is -0.378 e. The van der Waals surface area contributed by atoms with Crippen LogP contribution < -0.4 is 0 Å². The Morgan fingerprint density at radius 1 is 0.759 bits per heavy atom. The van der Waals surface area contributed by atoms with Crippen molar-refractivity contribution in [2.45, 2.75) is 110 Å². The van der Waals surface area contributed by atoms with Gasteiger partial charge in [-0.15, -0.1) is 0 Å². The van der Waals surface area contributed by atoms with Crippen molar-refractivity contribution >= 4 is 0 Å². The second-order valence-electron chi connectivity index (χ2n) is 8.33. The fourth-order valence-corrected chi connectivity index (χ4v) is 4.59. The molecule has 0 radical (unpaired) electrons. The Hall–Kier alpha value is -1.03. The van der Waals surface area contributed by atoms with Crippen molar-refractivity contribution in [3.63, 3.8) is 0 Å². The lowest BCUT2D eigenvalue weighted by atomic mass is 9.76. The lowest BCUT2D eigenvalue weighted by Crippen LogP contribution is -2.39. The Kier molecular flexibility index (Phi) is 12.6. The van der Waals surface area contributed by atoms with E-state index in [1.54, 1.807) is 0 Å². The summed E-state index contributed by atoms with van der Waals surface area (Å²) in [4.78, 5) is 0. The molecular formula is C25H41F3O. The summed E-state index contributed by atoms with van der Waals surface area (Å²) in [7, 11) is 1.82. The third-order valence-electron chi connectivity index (χ3n) is 6.59. The lowest BCUT2D eigenvalue weighted by Gasteiger charge is -2.39. The van der Waals surface area contributed by atoms with Crippen LogP contribution in [0.3, 0.4) is 0 Å². The van der Waals surface area contributed by atoms with Crippen LogP contribution in [0.4, 0.5) is 13.2 Å². The Morgan fingerprint density at radius 2 is 1.31 bits per heavy atom. The molecule has 0 heterocycles. The van der Waals surface area contributed by atoms with E-state index < -0.39 is 17.5 Å². The molecule has 0 aliphatic heterocycles. The molecule has 0 saturated carbocycles. The molecule has 168 valence electrons. The van der Waals surface area contributed by atoms with Gasteiger partial charge in [0.15, 0.2) is 11.6 Å². The maximum Gasteiger partial charge on any atom is 0.161 e. The first kappa shape index (κ1) is 26.0. The van der Waals surface area contributed by atoms with E-state index >= 15 is 0 Å². The summed E-state index contributed by atoms with van der Waals surface area (Å²) in [5.74, 6) is -2.27. The number of hydrogen-bond donors (Lipinski definition) is 0. The van der Waals surface area contributed by atoms with E-state index in [2.05, 4.69) is 20.8 Å². The van der Waals surface area contributed by atoms with E-state index in [1.165, 1.54) is 38.5 Å². The van der Waals surface area contributed by atoms with Crippen LogP contribution in [0.25, 0.3) is 0 Å². The van der Waals surface area contributed by atoms with Crippen LogP contribution in [0, 0.1) is 23.4 Å². The third kappa shape index (κ3) is 8.32. The predicted molar refractivity (Wildman–Crippen MR) is 116 cm³/mol. The SMILES string of the molecule is CCCCCCCCC(CCCCc1cc(F)c(F)cc1F)C(CC)(CC)OC. The molecule has 0 N–H and O–H groups in total. The summed E-state index contributed by atoms with van der Waals surface area (Å²) in [6, 6.07) is 1.64. The van der Waals surface area contributed by atoms with Crippen molar-refractivity contribution in [3.05, 3.63) is 35.1 Å². The van der Waals surface area contributed by atoms with Gasteiger partial charge in [-0.25, -0.2) is 13.2 Å². The van der Waals surface area contributed by atoms with Gasteiger partial charge in [0.2, 0.25) is 0 Å². The number of ether oxygens (including phenoxy) is 1. The largest absolute Gasteiger partial charge is 0.378 e. The summed E-state index contributed by atoms with van der Waals surface area (Å²) >= 11 is 0. The van der Waals surface area contributed by atoms with Crippen LogP contribution in [-0.2, 0) is 11.2 Å². The van der Waals surface area contributed by atoms with Crippen LogP contribution in [0.1, 0.15) is 103 Å². The number of halogens is 3. The molecule has 0 bridgehead atoms.